The van der Waals surface area contributed by atoms with Gasteiger partial charge in [0.15, 0.2) is 11.0 Å². The number of nitrogens with zero attached hydrogens (tertiary/aromatic N) is 4. The van der Waals surface area contributed by atoms with Crippen LogP contribution < -0.4 is 5.32 Å². The number of carbonyl (C=O) groups is 1. The summed E-state index contributed by atoms with van der Waals surface area (Å²) in [5, 5.41) is 12.4. The van der Waals surface area contributed by atoms with Crippen molar-refractivity contribution in [1.82, 2.24) is 25.1 Å². The van der Waals surface area contributed by atoms with Gasteiger partial charge < -0.3 is 5.32 Å². The summed E-state index contributed by atoms with van der Waals surface area (Å²) in [4.78, 5) is 16.7. The van der Waals surface area contributed by atoms with Gasteiger partial charge in [-0.2, -0.15) is 0 Å². The number of hydrogen-bond donors (Lipinski definition) is 1. The lowest BCUT2D eigenvalue weighted by atomic mass is 9.86. The first-order valence-corrected chi connectivity index (χ1v) is 10.4. The molecular weight excluding hydrogens is 358 g/mol. The molecule has 0 spiro atoms. The van der Waals surface area contributed by atoms with Gasteiger partial charge in [-0.1, -0.05) is 37.6 Å². The number of allylic oxidation sites excluding steroid dienone is 1. The van der Waals surface area contributed by atoms with Crippen LogP contribution in [0, 0.1) is 5.92 Å². The zero-order chi connectivity index (χ0) is 19.2. The predicted molar refractivity (Wildman–Crippen MR) is 108 cm³/mol. The van der Waals surface area contributed by atoms with Crippen molar-refractivity contribution in [3.8, 4) is 11.4 Å². The van der Waals surface area contributed by atoms with Crippen molar-refractivity contribution in [3.05, 3.63) is 37.2 Å². The topological polar surface area (TPSA) is 72.7 Å². The number of carbonyl (C=O) groups excluding carboxylic acids is 1. The molecule has 0 aromatic carbocycles. The van der Waals surface area contributed by atoms with E-state index in [1.165, 1.54) is 31.0 Å². The van der Waals surface area contributed by atoms with Gasteiger partial charge in [0.2, 0.25) is 5.91 Å². The summed E-state index contributed by atoms with van der Waals surface area (Å²) in [7, 11) is 0. The molecule has 3 atom stereocenters. The van der Waals surface area contributed by atoms with Gasteiger partial charge in [0, 0.05) is 30.5 Å². The van der Waals surface area contributed by atoms with Gasteiger partial charge in [-0.15, -0.1) is 16.8 Å². The minimum Gasteiger partial charge on any atom is -0.352 e. The molecule has 144 valence electrons. The van der Waals surface area contributed by atoms with E-state index in [0.29, 0.717) is 12.5 Å². The van der Waals surface area contributed by atoms with E-state index < -0.39 is 0 Å². The van der Waals surface area contributed by atoms with Gasteiger partial charge >= 0.3 is 0 Å². The van der Waals surface area contributed by atoms with Crippen molar-refractivity contribution in [2.45, 2.75) is 62.5 Å². The molecule has 1 saturated carbocycles. The molecule has 7 heteroatoms. The van der Waals surface area contributed by atoms with E-state index in [-0.39, 0.29) is 17.2 Å². The van der Waals surface area contributed by atoms with Gasteiger partial charge in [0.1, 0.15) is 0 Å². The Bertz CT molecular complexity index is 776. The Hall–Kier alpha value is -2.15. The molecule has 27 heavy (non-hydrogen) atoms. The van der Waals surface area contributed by atoms with Crippen LogP contribution in [0.1, 0.15) is 39.5 Å². The Balaban J connectivity index is 1.71. The maximum absolute atomic E-state index is 12.7. The summed E-state index contributed by atoms with van der Waals surface area (Å²) in [5.74, 6) is 1.37. The van der Waals surface area contributed by atoms with Gasteiger partial charge in [-0.25, -0.2) is 0 Å². The average molecular weight is 386 g/mol. The molecule has 0 saturated heterocycles. The van der Waals surface area contributed by atoms with Crippen LogP contribution in [-0.4, -0.2) is 36.9 Å². The summed E-state index contributed by atoms with van der Waals surface area (Å²) in [5.41, 5.74) is 0.944. The molecule has 6 nitrogen and oxygen atoms in total. The number of amides is 1. The van der Waals surface area contributed by atoms with E-state index in [1.54, 1.807) is 12.4 Å². The molecule has 1 fully saturated rings. The van der Waals surface area contributed by atoms with Crippen molar-refractivity contribution in [1.29, 1.82) is 0 Å². The third-order valence-corrected chi connectivity index (χ3v) is 6.14. The largest absolute Gasteiger partial charge is 0.352 e. The summed E-state index contributed by atoms with van der Waals surface area (Å²) in [6.07, 6.45) is 10.00. The lowest BCUT2D eigenvalue weighted by molar-refractivity contribution is -0.121. The molecule has 1 aliphatic carbocycles. The predicted octanol–water partition coefficient (Wildman–Crippen LogP) is 3.70. The molecule has 1 aliphatic rings. The molecule has 2 aromatic rings. The van der Waals surface area contributed by atoms with Gasteiger partial charge in [0.05, 0.1) is 5.25 Å². The lowest BCUT2D eigenvalue weighted by Crippen LogP contribution is -2.44. The molecule has 2 heterocycles. The van der Waals surface area contributed by atoms with Crippen LogP contribution >= 0.6 is 11.8 Å². The average Bonchev–Trinajstić information content (AvgIpc) is 3.07. The van der Waals surface area contributed by atoms with E-state index in [9.17, 15) is 4.79 Å². The van der Waals surface area contributed by atoms with E-state index in [4.69, 9.17) is 0 Å². The van der Waals surface area contributed by atoms with E-state index in [0.717, 1.165) is 23.0 Å². The monoisotopic (exact) mass is 385 g/mol. The molecule has 3 rings (SSSR count). The highest BCUT2D eigenvalue weighted by molar-refractivity contribution is 8.00. The van der Waals surface area contributed by atoms with Crippen LogP contribution in [0.4, 0.5) is 0 Å². The molecule has 0 aliphatic heterocycles. The number of aromatic nitrogens is 4. The van der Waals surface area contributed by atoms with Crippen molar-refractivity contribution >= 4 is 17.7 Å². The Morgan fingerprint density at radius 1 is 1.37 bits per heavy atom. The van der Waals surface area contributed by atoms with Crippen LogP contribution in [0.25, 0.3) is 11.4 Å². The highest BCUT2D eigenvalue weighted by Crippen LogP contribution is 2.28. The van der Waals surface area contributed by atoms with E-state index in [1.807, 2.05) is 29.7 Å². The van der Waals surface area contributed by atoms with Gasteiger partial charge in [-0.3, -0.25) is 14.3 Å². The smallest absolute Gasteiger partial charge is 0.233 e. The third-order valence-electron chi connectivity index (χ3n) is 5.06. The number of pyridine rings is 1. The van der Waals surface area contributed by atoms with Crippen LogP contribution in [0.3, 0.4) is 0 Å². The molecule has 2 aromatic heterocycles. The Kier molecular flexibility index (Phi) is 6.66. The Morgan fingerprint density at radius 2 is 2.11 bits per heavy atom. The number of hydrogen-bond acceptors (Lipinski definition) is 5. The minimum atomic E-state index is -0.239. The number of rotatable bonds is 7. The van der Waals surface area contributed by atoms with Crippen molar-refractivity contribution in [3.63, 3.8) is 0 Å². The normalized spacial score (nSPS) is 20.8. The van der Waals surface area contributed by atoms with Crippen LogP contribution in [0.15, 0.2) is 42.3 Å². The third kappa shape index (κ3) is 4.77. The second kappa shape index (κ2) is 9.17. The molecule has 0 bridgehead atoms. The first-order chi connectivity index (χ1) is 13.1. The molecular formula is C20H27N5OS. The number of thioether (sulfide) groups is 1. The highest BCUT2D eigenvalue weighted by Gasteiger charge is 2.26. The Labute approximate surface area is 164 Å². The van der Waals surface area contributed by atoms with Crippen molar-refractivity contribution in [2.75, 3.05) is 0 Å². The fraction of sp³-hybridized carbons (Fsp3) is 0.500. The van der Waals surface area contributed by atoms with Crippen molar-refractivity contribution < 1.29 is 4.79 Å². The van der Waals surface area contributed by atoms with E-state index in [2.05, 4.69) is 34.0 Å². The highest BCUT2D eigenvalue weighted by atomic mass is 32.2. The summed E-state index contributed by atoms with van der Waals surface area (Å²) in [6, 6.07) is 4.09. The summed E-state index contributed by atoms with van der Waals surface area (Å²) < 4.78 is 1.99. The van der Waals surface area contributed by atoms with Gasteiger partial charge in [0.25, 0.3) is 0 Å². The standard InChI is InChI=1S/C20H27N5OS/c1-4-13-25-18(16-9-11-21-12-10-16)23-24-20(25)27-15(3)19(26)22-17-8-6-5-7-14(17)2/h4,9-12,14-15,17H,1,5-8,13H2,2-3H3,(H,22,26)/t14-,15-,17+/m1/s1. The first kappa shape index (κ1) is 19.6. The second-order valence-corrected chi connectivity index (χ2v) is 8.39. The second-order valence-electron chi connectivity index (χ2n) is 7.08. The zero-order valence-electron chi connectivity index (χ0n) is 16.0. The molecule has 1 N–H and O–H groups in total. The fourth-order valence-corrected chi connectivity index (χ4v) is 4.29. The van der Waals surface area contributed by atoms with E-state index >= 15 is 0 Å². The SMILES string of the molecule is C=CCn1c(S[C@H](C)C(=O)N[C@H]2CCCC[C@H]2C)nnc1-c1ccncc1. The number of nitrogens with one attached hydrogen (secondary N) is 1. The lowest BCUT2D eigenvalue weighted by Gasteiger charge is -2.30. The first-order valence-electron chi connectivity index (χ1n) is 9.51. The maximum Gasteiger partial charge on any atom is 0.233 e. The van der Waals surface area contributed by atoms with Crippen molar-refractivity contribution in [2.24, 2.45) is 5.92 Å². The summed E-state index contributed by atoms with van der Waals surface area (Å²) in [6.45, 7) is 8.57. The molecule has 0 radical (unpaired) electrons. The molecule has 1 amide bonds. The van der Waals surface area contributed by atoms with Crippen LogP contribution in [0.2, 0.25) is 0 Å². The maximum atomic E-state index is 12.7. The summed E-state index contributed by atoms with van der Waals surface area (Å²) >= 11 is 1.44. The molecule has 0 unspecified atom stereocenters. The quantitative estimate of drug-likeness (QED) is 0.581. The van der Waals surface area contributed by atoms with Crippen LogP contribution in [-0.2, 0) is 11.3 Å². The van der Waals surface area contributed by atoms with Gasteiger partial charge in [-0.05, 0) is 37.8 Å². The zero-order valence-corrected chi connectivity index (χ0v) is 16.8. The minimum absolute atomic E-state index is 0.0670. The van der Waals surface area contributed by atoms with Crippen LogP contribution in [0.5, 0.6) is 0 Å². The fourth-order valence-electron chi connectivity index (χ4n) is 3.43. The Morgan fingerprint density at radius 3 is 2.81 bits per heavy atom.